The lowest BCUT2D eigenvalue weighted by molar-refractivity contribution is 0.100. The Hall–Kier alpha value is -4.39. The van der Waals surface area contributed by atoms with Gasteiger partial charge in [-0.15, -0.1) is 11.3 Å². The lowest BCUT2D eigenvalue weighted by atomic mass is 9.98. The molecule has 1 aliphatic rings. The molecule has 0 unspecified atom stereocenters. The zero-order valence-electron chi connectivity index (χ0n) is 21.1. The van der Waals surface area contributed by atoms with Crippen LogP contribution < -0.4 is 10.6 Å². The van der Waals surface area contributed by atoms with E-state index in [1.807, 2.05) is 66.7 Å². The van der Waals surface area contributed by atoms with E-state index in [-0.39, 0.29) is 5.91 Å². The smallest absolute Gasteiger partial charge is 0.275 e. The number of carbonyl (C=O) groups excluding carboxylic acids is 1. The summed E-state index contributed by atoms with van der Waals surface area (Å²) >= 11 is 3.04. The monoisotopic (exact) mass is 541 g/mol. The summed E-state index contributed by atoms with van der Waals surface area (Å²) in [5, 5.41) is 0.819. The number of aromatic nitrogens is 1. The first-order valence-electron chi connectivity index (χ1n) is 12.6. The van der Waals surface area contributed by atoms with Gasteiger partial charge in [0.1, 0.15) is 9.71 Å². The molecule has 4 aromatic carbocycles. The van der Waals surface area contributed by atoms with Crippen molar-refractivity contribution in [2.45, 2.75) is 16.7 Å². The number of hydrogen-bond donors (Lipinski definition) is 1. The first-order chi connectivity index (χ1) is 19.1. The molecule has 0 fully saturated rings. The van der Waals surface area contributed by atoms with Crippen LogP contribution in [0.25, 0.3) is 32.6 Å². The van der Waals surface area contributed by atoms with Gasteiger partial charge in [-0.05, 0) is 48.4 Å². The van der Waals surface area contributed by atoms with E-state index in [2.05, 4.69) is 49.4 Å². The van der Waals surface area contributed by atoms with E-state index in [1.165, 1.54) is 16.9 Å². The summed E-state index contributed by atoms with van der Waals surface area (Å²) < 4.78 is 0. The molecular formula is C33H23N3OS2. The van der Waals surface area contributed by atoms with E-state index in [0.717, 1.165) is 53.8 Å². The molecule has 0 saturated heterocycles. The number of hydrogen-bond acceptors (Lipinski definition) is 5. The molecule has 39 heavy (non-hydrogen) atoms. The lowest BCUT2D eigenvalue weighted by Gasteiger charge is -2.30. The highest BCUT2D eigenvalue weighted by Crippen LogP contribution is 2.50. The number of anilines is 3. The fraction of sp³-hybridized carbons (Fsp3) is 0.0303. The Kier molecular flexibility index (Phi) is 5.72. The molecule has 1 amide bonds. The minimum absolute atomic E-state index is 0.146. The maximum absolute atomic E-state index is 14.4. The van der Waals surface area contributed by atoms with Gasteiger partial charge in [-0.25, -0.2) is 4.98 Å². The SMILES string of the molecule is Cc1ccc(-c2cc(-c3ccccc3)nc3sc(C(=O)N4c5ccccc5Sc5ccccc54)c(N)c23)cc1. The quantitative estimate of drug-likeness (QED) is 0.243. The molecule has 0 radical (unpaired) electrons. The highest BCUT2D eigenvalue weighted by atomic mass is 32.2. The Morgan fingerprint density at radius 1 is 0.769 bits per heavy atom. The van der Waals surface area contributed by atoms with Crippen LogP contribution in [0, 0.1) is 6.92 Å². The molecule has 0 aliphatic carbocycles. The van der Waals surface area contributed by atoms with Gasteiger partial charge in [0.2, 0.25) is 0 Å². The summed E-state index contributed by atoms with van der Waals surface area (Å²) in [4.78, 5) is 24.5. The Morgan fingerprint density at radius 3 is 2.05 bits per heavy atom. The average Bonchev–Trinajstić information content (AvgIpc) is 3.32. The van der Waals surface area contributed by atoms with Crippen molar-refractivity contribution in [1.82, 2.24) is 4.98 Å². The number of amides is 1. The summed E-state index contributed by atoms with van der Waals surface area (Å²) in [5.41, 5.74) is 14.1. The molecule has 2 N–H and O–H groups in total. The number of aryl methyl sites for hydroxylation is 1. The Bertz CT molecular complexity index is 1830. The Morgan fingerprint density at radius 2 is 1.38 bits per heavy atom. The molecule has 7 rings (SSSR count). The van der Waals surface area contributed by atoms with Crippen LogP contribution in [-0.4, -0.2) is 10.9 Å². The number of fused-ring (bicyclic) bond motifs is 3. The largest absolute Gasteiger partial charge is 0.397 e. The van der Waals surface area contributed by atoms with E-state index >= 15 is 0 Å². The van der Waals surface area contributed by atoms with Gasteiger partial charge in [0.25, 0.3) is 5.91 Å². The van der Waals surface area contributed by atoms with E-state index in [9.17, 15) is 4.79 Å². The first-order valence-corrected chi connectivity index (χ1v) is 14.3. The highest BCUT2D eigenvalue weighted by molar-refractivity contribution is 7.99. The molecule has 0 bridgehead atoms. The van der Waals surface area contributed by atoms with Gasteiger partial charge in [-0.1, -0.05) is 96.2 Å². The lowest BCUT2D eigenvalue weighted by Crippen LogP contribution is -2.28. The summed E-state index contributed by atoms with van der Waals surface area (Å²) in [6, 6.07) is 36.6. The van der Waals surface area contributed by atoms with E-state index in [0.29, 0.717) is 10.6 Å². The number of para-hydroxylation sites is 2. The first kappa shape index (κ1) is 23.7. The molecule has 188 valence electrons. The van der Waals surface area contributed by atoms with Gasteiger partial charge in [-0.2, -0.15) is 0 Å². The van der Waals surface area contributed by atoms with Gasteiger partial charge < -0.3 is 5.73 Å². The second kappa shape index (κ2) is 9.42. The Balaban J connectivity index is 1.45. The second-order valence-corrected chi connectivity index (χ2v) is 11.6. The number of nitrogens with two attached hydrogens (primary N) is 1. The number of nitrogen functional groups attached to an aromatic ring is 1. The topological polar surface area (TPSA) is 59.2 Å². The Labute approximate surface area is 234 Å². The zero-order valence-corrected chi connectivity index (χ0v) is 22.7. The van der Waals surface area contributed by atoms with Crippen LogP contribution in [0.3, 0.4) is 0 Å². The third-order valence-electron chi connectivity index (χ3n) is 6.96. The standard InChI is InChI=1S/C33H23N3OS2/c1-20-15-17-21(18-16-20)23-19-24(22-9-3-2-4-10-22)35-32-29(23)30(34)31(39-32)33(37)36-25-11-5-7-13-27(25)38-28-14-8-6-12-26(28)36/h2-19H,34H2,1H3. The van der Waals surface area contributed by atoms with E-state index in [1.54, 1.807) is 16.7 Å². The van der Waals surface area contributed by atoms with E-state index < -0.39 is 0 Å². The van der Waals surface area contributed by atoms with Crippen LogP contribution in [0.15, 0.2) is 119 Å². The third-order valence-corrected chi connectivity index (χ3v) is 9.18. The van der Waals surface area contributed by atoms with Crippen molar-refractivity contribution in [2.75, 3.05) is 10.6 Å². The van der Waals surface area contributed by atoms with Crippen LogP contribution in [0.2, 0.25) is 0 Å². The van der Waals surface area contributed by atoms with Crippen LogP contribution in [0.4, 0.5) is 17.1 Å². The molecular weight excluding hydrogens is 519 g/mol. The van der Waals surface area contributed by atoms with Crippen LogP contribution in [-0.2, 0) is 0 Å². The normalized spacial score (nSPS) is 12.3. The molecule has 3 heterocycles. The maximum Gasteiger partial charge on any atom is 0.275 e. The van der Waals surface area contributed by atoms with Crippen molar-refractivity contribution >= 4 is 56.3 Å². The van der Waals surface area contributed by atoms with Crippen molar-refractivity contribution in [2.24, 2.45) is 0 Å². The number of nitrogens with zero attached hydrogens (tertiary/aromatic N) is 2. The summed E-state index contributed by atoms with van der Waals surface area (Å²) in [6.45, 7) is 2.07. The van der Waals surface area contributed by atoms with Crippen LogP contribution >= 0.6 is 23.1 Å². The van der Waals surface area contributed by atoms with Crippen LogP contribution in [0.5, 0.6) is 0 Å². The molecule has 6 aromatic rings. The summed E-state index contributed by atoms with van der Waals surface area (Å²) in [5.74, 6) is -0.146. The fourth-order valence-electron chi connectivity index (χ4n) is 5.02. The van der Waals surface area contributed by atoms with Crippen LogP contribution in [0.1, 0.15) is 15.2 Å². The van der Waals surface area contributed by atoms with Gasteiger partial charge >= 0.3 is 0 Å². The van der Waals surface area contributed by atoms with Crippen molar-refractivity contribution in [3.05, 3.63) is 120 Å². The minimum atomic E-state index is -0.146. The van der Waals surface area contributed by atoms with E-state index in [4.69, 9.17) is 10.7 Å². The number of rotatable bonds is 3. The minimum Gasteiger partial charge on any atom is -0.397 e. The number of benzene rings is 4. The van der Waals surface area contributed by atoms with Crippen molar-refractivity contribution in [3.63, 3.8) is 0 Å². The summed E-state index contributed by atoms with van der Waals surface area (Å²) in [7, 11) is 0. The molecule has 0 saturated carbocycles. The number of carbonyl (C=O) groups is 1. The van der Waals surface area contributed by atoms with Crippen molar-refractivity contribution in [1.29, 1.82) is 0 Å². The predicted octanol–water partition coefficient (Wildman–Crippen LogP) is 8.96. The highest BCUT2D eigenvalue weighted by Gasteiger charge is 2.32. The second-order valence-electron chi connectivity index (χ2n) is 9.49. The number of pyridine rings is 1. The molecule has 0 atom stereocenters. The predicted molar refractivity (Wildman–Crippen MR) is 163 cm³/mol. The molecule has 2 aromatic heterocycles. The maximum atomic E-state index is 14.4. The van der Waals surface area contributed by atoms with Crippen molar-refractivity contribution < 1.29 is 4.79 Å². The third kappa shape index (κ3) is 4.00. The molecule has 6 heteroatoms. The molecule has 1 aliphatic heterocycles. The van der Waals surface area contributed by atoms with Gasteiger partial charge in [0.05, 0.1) is 22.8 Å². The fourth-order valence-corrected chi connectivity index (χ4v) is 7.13. The van der Waals surface area contributed by atoms with Gasteiger partial charge in [-0.3, -0.25) is 9.69 Å². The number of thiophene rings is 1. The zero-order chi connectivity index (χ0) is 26.5. The van der Waals surface area contributed by atoms with Crippen molar-refractivity contribution in [3.8, 4) is 22.4 Å². The molecule has 0 spiro atoms. The summed E-state index contributed by atoms with van der Waals surface area (Å²) in [6.07, 6.45) is 0. The molecule has 4 nitrogen and oxygen atoms in total. The van der Waals surface area contributed by atoms with Gasteiger partial charge in [0.15, 0.2) is 0 Å². The van der Waals surface area contributed by atoms with Gasteiger partial charge in [0, 0.05) is 20.7 Å². The average molecular weight is 542 g/mol.